The average molecular weight is 477 g/mol. The monoisotopic (exact) mass is 476 g/mol. The number of anilines is 2. The summed E-state index contributed by atoms with van der Waals surface area (Å²) in [5.74, 6) is 0.306. The first-order valence-electron chi connectivity index (χ1n) is 10.1. The zero-order valence-electron chi connectivity index (χ0n) is 18.0. The number of rotatable bonds is 8. The number of fused-ring (bicyclic) bond motifs is 1. The number of hydrazone groups is 1. The van der Waals surface area contributed by atoms with Crippen LogP contribution in [0.3, 0.4) is 0 Å². The van der Waals surface area contributed by atoms with Crippen LogP contribution in [0.2, 0.25) is 0 Å². The number of nitrogens with one attached hydrogen (secondary N) is 2. The predicted molar refractivity (Wildman–Crippen MR) is 132 cm³/mol. The molecule has 0 radical (unpaired) electrons. The summed E-state index contributed by atoms with van der Waals surface area (Å²) >= 11 is 0. The van der Waals surface area contributed by atoms with Crippen molar-refractivity contribution in [2.45, 2.75) is 4.90 Å². The van der Waals surface area contributed by atoms with Gasteiger partial charge < -0.3 is 4.74 Å². The number of sulfonamides is 1. The van der Waals surface area contributed by atoms with Crippen molar-refractivity contribution in [1.82, 2.24) is 0 Å². The van der Waals surface area contributed by atoms with Crippen LogP contribution in [0, 0.1) is 10.1 Å². The van der Waals surface area contributed by atoms with Crippen molar-refractivity contribution in [3.05, 3.63) is 101 Å². The van der Waals surface area contributed by atoms with Gasteiger partial charge in [-0.3, -0.25) is 20.3 Å². The second kappa shape index (κ2) is 9.59. The Kier molecular flexibility index (Phi) is 6.42. The fourth-order valence-corrected chi connectivity index (χ4v) is 4.58. The fourth-order valence-electron chi connectivity index (χ4n) is 3.33. The number of hydrogen-bond acceptors (Lipinski definition) is 7. The highest BCUT2D eigenvalue weighted by molar-refractivity contribution is 7.93. The van der Waals surface area contributed by atoms with Crippen LogP contribution in [0.4, 0.5) is 17.1 Å². The molecular formula is C24H20N4O5S. The topological polar surface area (TPSA) is 123 Å². The molecule has 0 spiro atoms. The Balaban J connectivity index is 1.65. The number of non-ortho nitro benzene ring substituents is 1. The van der Waals surface area contributed by atoms with E-state index in [1.165, 1.54) is 31.5 Å². The normalized spacial score (nSPS) is 11.4. The zero-order chi connectivity index (χ0) is 24.1. The maximum Gasteiger partial charge on any atom is 0.270 e. The minimum Gasteiger partial charge on any atom is -0.495 e. The highest BCUT2D eigenvalue weighted by Gasteiger charge is 2.23. The Labute approximate surface area is 195 Å². The van der Waals surface area contributed by atoms with Gasteiger partial charge in [0.1, 0.15) is 10.6 Å². The summed E-state index contributed by atoms with van der Waals surface area (Å²) < 4.78 is 33.9. The van der Waals surface area contributed by atoms with E-state index >= 15 is 0 Å². The molecule has 172 valence electrons. The number of ether oxygens (including phenoxy) is 1. The van der Waals surface area contributed by atoms with Crippen molar-refractivity contribution in [2.24, 2.45) is 5.10 Å². The lowest BCUT2D eigenvalue weighted by Gasteiger charge is -2.14. The van der Waals surface area contributed by atoms with E-state index in [9.17, 15) is 18.5 Å². The van der Waals surface area contributed by atoms with E-state index < -0.39 is 14.9 Å². The van der Waals surface area contributed by atoms with E-state index in [4.69, 9.17) is 4.74 Å². The molecule has 10 heteroatoms. The smallest absolute Gasteiger partial charge is 0.270 e. The number of nitro groups is 1. The lowest BCUT2D eigenvalue weighted by molar-refractivity contribution is -0.385. The van der Waals surface area contributed by atoms with Crippen molar-refractivity contribution in [3.8, 4) is 5.75 Å². The third kappa shape index (κ3) is 4.97. The minimum atomic E-state index is -4.23. The van der Waals surface area contributed by atoms with Crippen LogP contribution in [0.15, 0.2) is 94.9 Å². The van der Waals surface area contributed by atoms with Crippen LogP contribution in [0.5, 0.6) is 5.75 Å². The van der Waals surface area contributed by atoms with Crippen LogP contribution in [-0.4, -0.2) is 26.7 Å². The molecule has 2 N–H and O–H groups in total. The summed E-state index contributed by atoms with van der Waals surface area (Å²) in [5.41, 5.74) is 3.39. The van der Waals surface area contributed by atoms with Gasteiger partial charge in [0.05, 0.1) is 29.6 Å². The van der Waals surface area contributed by atoms with Gasteiger partial charge in [-0.15, -0.1) is 0 Å². The molecule has 4 aromatic rings. The van der Waals surface area contributed by atoms with Crippen molar-refractivity contribution in [3.63, 3.8) is 0 Å². The molecule has 4 rings (SSSR count). The number of nitro benzene ring substituents is 1. The zero-order valence-corrected chi connectivity index (χ0v) is 18.8. The van der Waals surface area contributed by atoms with Crippen molar-refractivity contribution < 1.29 is 18.1 Å². The van der Waals surface area contributed by atoms with Crippen molar-refractivity contribution in [2.75, 3.05) is 17.3 Å². The van der Waals surface area contributed by atoms with E-state index in [1.807, 2.05) is 42.5 Å². The molecule has 0 aliphatic heterocycles. The maximum atomic E-state index is 13.2. The lowest BCUT2D eigenvalue weighted by atomic mass is 10.1. The van der Waals surface area contributed by atoms with E-state index in [0.29, 0.717) is 5.75 Å². The Hall–Kier alpha value is -4.44. The van der Waals surface area contributed by atoms with Gasteiger partial charge in [0, 0.05) is 12.1 Å². The van der Waals surface area contributed by atoms with Gasteiger partial charge in [-0.05, 0) is 40.6 Å². The maximum absolute atomic E-state index is 13.2. The van der Waals surface area contributed by atoms with Crippen LogP contribution in [-0.2, 0) is 10.0 Å². The Morgan fingerprint density at radius 3 is 2.41 bits per heavy atom. The molecule has 0 aliphatic rings. The second-order valence-electron chi connectivity index (χ2n) is 7.22. The van der Waals surface area contributed by atoms with Crippen LogP contribution in [0.25, 0.3) is 10.8 Å². The lowest BCUT2D eigenvalue weighted by Crippen LogP contribution is -2.15. The van der Waals surface area contributed by atoms with E-state index in [1.54, 1.807) is 18.2 Å². The predicted octanol–water partition coefficient (Wildman–Crippen LogP) is 5.00. The summed E-state index contributed by atoms with van der Waals surface area (Å²) in [6.07, 6.45) is 1.54. The molecule has 0 unspecified atom stereocenters. The number of nitrogens with zero attached hydrogens (tertiary/aromatic N) is 2. The van der Waals surface area contributed by atoms with Gasteiger partial charge in [0.2, 0.25) is 0 Å². The Morgan fingerprint density at radius 1 is 0.912 bits per heavy atom. The number of para-hydroxylation sites is 2. The summed E-state index contributed by atoms with van der Waals surface area (Å²) in [6, 6.07) is 23.6. The summed E-state index contributed by atoms with van der Waals surface area (Å²) in [5, 5.41) is 17.5. The average Bonchev–Trinajstić information content (AvgIpc) is 2.84. The summed E-state index contributed by atoms with van der Waals surface area (Å²) in [6.45, 7) is 0. The van der Waals surface area contributed by atoms with Crippen LogP contribution >= 0.6 is 0 Å². The molecule has 4 aromatic carbocycles. The summed E-state index contributed by atoms with van der Waals surface area (Å²) in [7, 11) is -2.82. The van der Waals surface area contributed by atoms with Crippen molar-refractivity contribution in [1.29, 1.82) is 0 Å². The first-order chi connectivity index (χ1) is 16.4. The van der Waals surface area contributed by atoms with Crippen LogP contribution < -0.4 is 14.9 Å². The second-order valence-corrected chi connectivity index (χ2v) is 8.87. The molecule has 0 aliphatic carbocycles. The Morgan fingerprint density at radius 2 is 1.65 bits per heavy atom. The molecule has 9 nitrogen and oxygen atoms in total. The number of hydrogen-bond donors (Lipinski definition) is 2. The highest BCUT2D eigenvalue weighted by Crippen LogP contribution is 2.31. The molecule has 34 heavy (non-hydrogen) atoms. The summed E-state index contributed by atoms with van der Waals surface area (Å²) in [4.78, 5) is 10.3. The van der Waals surface area contributed by atoms with Crippen molar-refractivity contribution >= 4 is 44.1 Å². The largest absolute Gasteiger partial charge is 0.495 e. The van der Waals surface area contributed by atoms with Gasteiger partial charge in [-0.1, -0.05) is 48.5 Å². The highest BCUT2D eigenvalue weighted by atomic mass is 32.2. The molecule has 0 saturated heterocycles. The first-order valence-corrected chi connectivity index (χ1v) is 11.6. The molecule has 0 atom stereocenters. The van der Waals surface area contributed by atoms with Gasteiger partial charge in [0.15, 0.2) is 0 Å². The number of benzene rings is 4. The first kappa shape index (κ1) is 22.7. The van der Waals surface area contributed by atoms with Gasteiger partial charge >= 0.3 is 0 Å². The fraction of sp³-hybridized carbons (Fsp3) is 0.0417. The molecular weight excluding hydrogens is 456 g/mol. The molecule has 0 fully saturated rings. The molecule has 0 aromatic heterocycles. The third-order valence-corrected chi connectivity index (χ3v) is 6.39. The quantitative estimate of drug-likeness (QED) is 0.209. The van der Waals surface area contributed by atoms with E-state index in [2.05, 4.69) is 15.2 Å². The molecule has 0 amide bonds. The third-order valence-electron chi connectivity index (χ3n) is 4.99. The van der Waals surface area contributed by atoms with Gasteiger partial charge in [-0.2, -0.15) is 5.10 Å². The van der Waals surface area contributed by atoms with Gasteiger partial charge in [0.25, 0.3) is 15.7 Å². The van der Waals surface area contributed by atoms with E-state index in [0.717, 1.165) is 22.4 Å². The molecule has 0 heterocycles. The minimum absolute atomic E-state index is 0.0741. The number of methoxy groups -OCH3 is 1. The van der Waals surface area contributed by atoms with Gasteiger partial charge in [-0.25, -0.2) is 8.42 Å². The standard InChI is InChI=1S/C24H20N4O5S/c1-33-23-9-5-4-8-21(23)27-34(31,32)24-15-20(28(29)30)12-13-22(24)26-25-16-17-10-11-18-6-2-3-7-19(18)14-17/h2-16,26-27H,1H3/b25-16-. The SMILES string of the molecule is COc1ccccc1NS(=O)(=O)c1cc([N+](=O)[O-])ccc1N/N=C\c1ccc2ccccc2c1. The molecule has 0 saturated carbocycles. The van der Waals surface area contributed by atoms with Crippen LogP contribution in [0.1, 0.15) is 5.56 Å². The van der Waals surface area contributed by atoms with E-state index in [-0.39, 0.29) is 22.0 Å². The molecule has 0 bridgehead atoms. The Bertz CT molecular complexity index is 1500.